The summed E-state index contributed by atoms with van der Waals surface area (Å²) in [6.07, 6.45) is 1.68. The number of nitrogens with zero attached hydrogens (tertiary/aromatic N) is 1. The van der Waals surface area contributed by atoms with Crippen molar-refractivity contribution in [2.75, 3.05) is 30.9 Å². The Bertz CT molecular complexity index is 962. The number of hydrogen-bond acceptors (Lipinski definition) is 4. The second-order valence-corrected chi connectivity index (χ2v) is 6.82. The third-order valence-electron chi connectivity index (χ3n) is 4.02. The van der Waals surface area contributed by atoms with Gasteiger partial charge >= 0.3 is 0 Å². The van der Waals surface area contributed by atoms with E-state index in [1.807, 2.05) is 12.1 Å². The third-order valence-corrected chi connectivity index (χ3v) is 4.58. The molecule has 7 heteroatoms. The molecule has 0 aliphatic heterocycles. The van der Waals surface area contributed by atoms with Crippen LogP contribution in [0.3, 0.4) is 0 Å². The molecule has 0 saturated carbocycles. The van der Waals surface area contributed by atoms with Crippen LogP contribution < -0.4 is 10.6 Å². The molecule has 0 aliphatic rings. The molecular weight excluding hydrogens is 397 g/mol. The van der Waals surface area contributed by atoms with Crippen LogP contribution >= 0.6 is 23.2 Å². The first-order valence-electron chi connectivity index (χ1n) is 8.63. The summed E-state index contributed by atoms with van der Waals surface area (Å²) in [5.41, 5.74) is 3.30. The molecule has 1 aromatic heterocycles. The highest BCUT2D eigenvalue weighted by molar-refractivity contribution is 6.33. The van der Waals surface area contributed by atoms with Gasteiger partial charge in [0.2, 0.25) is 0 Å². The highest BCUT2D eigenvalue weighted by Gasteiger charge is 2.14. The van der Waals surface area contributed by atoms with Gasteiger partial charge in [0, 0.05) is 41.8 Å². The first-order chi connectivity index (χ1) is 13.6. The predicted octanol–water partition coefficient (Wildman–Crippen LogP) is 5.37. The number of aromatic nitrogens is 1. The second-order valence-electron chi connectivity index (χ2n) is 5.97. The van der Waals surface area contributed by atoms with Gasteiger partial charge in [-0.15, -0.1) is 0 Å². The van der Waals surface area contributed by atoms with Crippen LogP contribution in [0, 0.1) is 0 Å². The molecule has 0 spiro atoms. The molecule has 3 aromatic rings. The molecule has 2 aromatic carbocycles. The number of nitrogens with one attached hydrogen (secondary N) is 2. The number of carbonyl (C=O) groups excluding carboxylic acids is 1. The zero-order valence-corrected chi connectivity index (χ0v) is 16.7. The maximum absolute atomic E-state index is 12.8. The maximum atomic E-state index is 12.8. The lowest BCUT2D eigenvalue weighted by molar-refractivity contribution is 0.102. The van der Waals surface area contributed by atoms with Gasteiger partial charge in [0.1, 0.15) is 0 Å². The zero-order valence-electron chi connectivity index (χ0n) is 15.2. The molecule has 3 rings (SSSR count). The molecule has 0 saturated heterocycles. The smallest absolute Gasteiger partial charge is 0.257 e. The minimum atomic E-state index is -0.235. The van der Waals surface area contributed by atoms with Crippen molar-refractivity contribution in [3.63, 3.8) is 0 Å². The summed E-state index contributed by atoms with van der Waals surface area (Å²) in [5, 5.41) is 7.27. The first-order valence-corrected chi connectivity index (χ1v) is 9.39. The second kappa shape index (κ2) is 9.55. The number of pyridine rings is 1. The van der Waals surface area contributed by atoms with Crippen LogP contribution in [-0.4, -0.2) is 31.2 Å². The monoisotopic (exact) mass is 415 g/mol. The van der Waals surface area contributed by atoms with Crippen molar-refractivity contribution in [1.29, 1.82) is 0 Å². The molecule has 28 heavy (non-hydrogen) atoms. The van der Waals surface area contributed by atoms with Crippen molar-refractivity contribution >= 4 is 40.5 Å². The van der Waals surface area contributed by atoms with E-state index in [4.69, 9.17) is 27.9 Å². The molecule has 144 valence electrons. The quantitative estimate of drug-likeness (QED) is 0.509. The Morgan fingerprint density at radius 1 is 1.11 bits per heavy atom. The van der Waals surface area contributed by atoms with Crippen molar-refractivity contribution in [3.8, 4) is 11.3 Å². The fraction of sp³-hybridized carbons (Fsp3) is 0.143. The Kier molecular flexibility index (Phi) is 6.87. The Labute approximate surface area is 173 Å². The normalized spacial score (nSPS) is 10.5. The number of rotatable bonds is 7. The Hall–Kier alpha value is -2.60. The summed E-state index contributed by atoms with van der Waals surface area (Å²) in [6, 6.07) is 15.9. The molecule has 0 bridgehead atoms. The van der Waals surface area contributed by atoms with Crippen LogP contribution in [0.2, 0.25) is 10.0 Å². The Morgan fingerprint density at radius 3 is 2.61 bits per heavy atom. The van der Waals surface area contributed by atoms with Crippen LogP contribution in [0.4, 0.5) is 11.4 Å². The summed E-state index contributed by atoms with van der Waals surface area (Å²) in [7, 11) is 1.62. The van der Waals surface area contributed by atoms with E-state index in [0.29, 0.717) is 45.8 Å². The van der Waals surface area contributed by atoms with Crippen LogP contribution in [0.1, 0.15) is 10.4 Å². The minimum absolute atomic E-state index is 0.235. The number of anilines is 2. The molecule has 0 fully saturated rings. The third kappa shape index (κ3) is 5.01. The van der Waals surface area contributed by atoms with Crippen molar-refractivity contribution in [2.24, 2.45) is 0 Å². The van der Waals surface area contributed by atoms with Crippen molar-refractivity contribution in [1.82, 2.24) is 4.98 Å². The van der Waals surface area contributed by atoms with E-state index in [0.717, 1.165) is 5.56 Å². The molecule has 1 heterocycles. The number of methoxy groups -OCH3 is 1. The van der Waals surface area contributed by atoms with Gasteiger partial charge in [-0.2, -0.15) is 0 Å². The summed E-state index contributed by atoms with van der Waals surface area (Å²) in [6.45, 7) is 1.06. The standard InChI is InChI=1S/C21H19Cl2N3O2/c1-28-12-11-24-19-13-14(20-18(23)3-2-10-25-20)4-9-17(19)21(27)26-16-7-5-15(22)6-8-16/h2-10,13,24H,11-12H2,1H3,(H,26,27). The van der Waals surface area contributed by atoms with Gasteiger partial charge in [0.05, 0.1) is 22.9 Å². The highest BCUT2D eigenvalue weighted by Crippen LogP contribution is 2.29. The Morgan fingerprint density at radius 2 is 1.89 bits per heavy atom. The van der Waals surface area contributed by atoms with Gasteiger partial charge in [0.25, 0.3) is 5.91 Å². The summed E-state index contributed by atoms with van der Waals surface area (Å²) in [4.78, 5) is 17.1. The van der Waals surface area contributed by atoms with E-state index in [1.54, 1.807) is 55.8 Å². The van der Waals surface area contributed by atoms with Gasteiger partial charge in [-0.1, -0.05) is 29.3 Å². The van der Waals surface area contributed by atoms with Crippen molar-refractivity contribution < 1.29 is 9.53 Å². The lowest BCUT2D eigenvalue weighted by atomic mass is 10.0. The number of ether oxygens (including phenoxy) is 1. The number of halogens is 2. The number of carbonyl (C=O) groups is 1. The summed E-state index contributed by atoms with van der Waals surface area (Å²) < 4.78 is 5.10. The molecule has 1 amide bonds. The first kappa shape index (κ1) is 20.1. The fourth-order valence-electron chi connectivity index (χ4n) is 2.65. The molecule has 0 unspecified atom stereocenters. The minimum Gasteiger partial charge on any atom is -0.383 e. The van der Waals surface area contributed by atoms with E-state index in [1.165, 1.54) is 0 Å². The van der Waals surface area contributed by atoms with Gasteiger partial charge < -0.3 is 15.4 Å². The van der Waals surface area contributed by atoms with Crippen molar-refractivity contribution in [2.45, 2.75) is 0 Å². The van der Waals surface area contributed by atoms with E-state index in [9.17, 15) is 4.79 Å². The van der Waals surface area contributed by atoms with Crippen molar-refractivity contribution in [3.05, 3.63) is 76.4 Å². The Balaban J connectivity index is 1.91. The number of hydrogen-bond donors (Lipinski definition) is 2. The molecule has 0 atom stereocenters. The van der Waals surface area contributed by atoms with Gasteiger partial charge in [0.15, 0.2) is 0 Å². The molecular formula is C21H19Cl2N3O2. The summed E-state index contributed by atoms with van der Waals surface area (Å²) in [5.74, 6) is -0.235. The van der Waals surface area contributed by atoms with Gasteiger partial charge in [-0.3, -0.25) is 9.78 Å². The zero-order chi connectivity index (χ0) is 19.9. The number of benzene rings is 2. The molecule has 2 N–H and O–H groups in total. The molecule has 0 radical (unpaired) electrons. The average molecular weight is 416 g/mol. The van der Waals surface area contributed by atoms with E-state index in [-0.39, 0.29) is 5.91 Å². The van der Waals surface area contributed by atoms with Crippen LogP contribution in [0.15, 0.2) is 60.8 Å². The number of amides is 1. The van der Waals surface area contributed by atoms with Gasteiger partial charge in [-0.25, -0.2) is 0 Å². The van der Waals surface area contributed by atoms with E-state index < -0.39 is 0 Å². The largest absolute Gasteiger partial charge is 0.383 e. The highest BCUT2D eigenvalue weighted by atomic mass is 35.5. The average Bonchev–Trinajstić information content (AvgIpc) is 2.70. The SMILES string of the molecule is COCCNc1cc(-c2ncccc2Cl)ccc1C(=O)Nc1ccc(Cl)cc1. The molecule has 5 nitrogen and oxygen atoms in total. The fourth-order valence-corrected chi connectivity index (χ4v) is 3.01. The molecule has 0 aliphatic carbocycles. The lowest BCUT2D eigenvalue weighted by Crippen LogP contribution is -2.16. The van der Waals surface area contributed by atoms with E-state index >= 15 is 0 Å². The van der Waals surface area contributed by atoms with Crippen LogP contribution in [-0.2, 0) is 4.74 Å². The summed E-state index contributed by atoms with van der Waals surface area (Å²) >= 11 is 12.2. The van der Waals surface area contributed by atoms with E-state index in [2.05, 4.69) is 15.6 Å². The van der Waals surface area contributed by atoms with Crippen LogP contribution in [0.5, 0.6) is 0 Å². The topological polar surface area (TPSA) is 63.2 Å². The van der Waals surface area contributed by atoms with Gasteiger partial charge in [-0.05, 0) is 48.5 Å². The predicted molar refractivity (Wildman–Crippen MR) is 114 cm³/mol. The lowest BCUT2D eigenvalue weighted by Gasteiger charge is -2.14. The maximum Gasteiger partial charge on any atom is 0.257 e. The van der Waals surface area contributed by atoms with Crippen LogP contribution in [0.25, 0.3) is 11.3 Å².